The summed E-state index contributed by atoms with van der Waals surface area (Å²) in [6.07, 6.45) is 3.66. The lowest BCUT2D eigenvalue weighted by Crippen LogP contribution is -2.24. The van der Waals surface area contributed by atoms with Gasteiger partial charge in [-0.3, -0.25) is 9.59 Å². The van der Waals surface area contributed by atoms with Crippen molar-refractivity contribution >= 4 is 11.9 Å². The van der Waals surface area contributed by atoms with Crippen molar-refractivity contribution in [2.75, 3.05) is 13.7 Å². The average molecular weight is 282 g/mol. The monoisotopic (exact) mass is 282 g/mol. The van der Waals surface area contributed by atoms with Crippen LogP contribution in [0.25, 0.3) is 0 Å². The van der Waals surface area contributed by atoms with E-state index in [1.165, 1.54) is 7.11 Å². The maximum Gasteiger partial charge on any atom is 0.306 e. The molecule has 1 fully saturated rings. The number of allylic oxidation sites excluding steroid dienone is 1. The molecule has 0 aliphatic heterocycles. The molecule has 20 heavy (non-hydrogen) atoms. The largest absolute Gasteiger partial charge is 0.469 e. The summed E-state index contributed by atoms with van der Waals surface area (Å²) < 4.78 is 9.93. The highest BCUT2D eigenvalue weighted by Gasteiger charge is 2.29. The number of methoxy groups -OCH3 is 1. The Hall–Kier alpha value is -1.32. The number of hydrogen-bond donors (Lipinski definition) is 0. The predicted molar refractivity (Wildman–Crippen MR) is 77.0 cm³/mol. The van der Waals surface area contributed by atoms with Crippen molar-refractivity contribution in [3.8, 4) is 0 Å². The summed E-state index contributed by atoms with van der Waals surface area (Å²) in [4.78, 5) is 23.2. The Morgan fingerprint density at radius 2 is 1.75 bits per heavy atom. The zero-order chi connectivity index (χ0) is 15.1. The first-order chi connectivity index (χ1) is 9.43. The first-order valence-corrected chi connectivity index (χ1v) is 7.35. The van der Waals surface area contributed by atoms with Gasteiger partial charge in [-0.1, -0.05) is 32.4 Å². The molecule has 0 aromatic heterocycles. The molecule has 0 aromatic carbocycles. The number of rotatable bonds is 6. The van der Waals surface area contributed by atoms with E-state index in [1.807, 2.05) is 13.8 Å². The molecule has 0 spiro atoms. The fourth-order valence-corrected chi connectivity index (χ4v) is 2.59. The van der Waals surface area contributed by atoms with Crippen LogP contribution in [0.3, 0.4) is 0 Å². The van der Waals surface area contributed by atoms with Gasteiger partial charge in [0.1, 0.15) is 0 Å². The van der Waals surface area contributed by atoms with Gasteiger partial charge in [-0.2, -0.15) is 0 Å². The second kappa shape index (κ2) is 8.08. The highest BCUT2D eigenvalue weighted by Crippen LogP contribution is 2.37. The second-order valence-corrected chi connectivity index (χ2v) is 5.96. The Balaban J connectivity index is 2.47. The molecule has 1 aliphatic rings. The van der Waals surface area contributed by atoms with Crippen molar-refractivity contribution in [1.29, 1.82) is 0 Å². The van der Waals surface area contributed by atoms with Crippen molar-refractivity contribution in [2.45, 2.75) is 46.0 Å². The van der Waals surface area contributed by atoms with E-state index in [4.69, 9.17) is 9.47 Å². The van der Waals surface area contributed by atoms with Crippen LogP contribution in [0.1, 0.15) is 46.0 Å². The van der Waals surface area contributed by atoms with E-state index in [9.17, 15) is 9.59 Å². The second-order valence-electron chi connectivity index (χ2n) is 5.96. The lowest BCUT2D eigenvalue weighted by molar-refractivity contribution is -0.145. The van der Waals surface area contributed by atoms with Gasteiger partial charge in [0.2, 0.25) is 0 Å². The summed E-state index contributed by atoms with van der Waals surface area (Å²) in [6, 6.07) is 0. The van der Waals surface area contributed by atoms with Crippen LogP contribution < -0.4 is 0 Å². The quantitative estimate of drug-likeness (QED) is 0.555. The number of ether oxygens (including phenoxy) is 2. The number of carbonyl (C=O) groups is 2. The van der Waals surface area contributed by atoms with Crippen LogP contribution in [0.4, 0.5) is 0 Å². The van der Waals surface area contributed by atoms with Crippen LogP contribution in [0.5, 0.6) is 0 Å². The van der Waals surface area contributed by atoms with Crippen LogP contribution in [-0.2, 0) is 19.1 Å². The first kappa shape index (κ1) is 16.7. The first-order valence-electron chi connectivity index (χ1n) is 7.35. The summed E-state index contributed by atoms with van der Waals surface area (Å²) in [5, 5.41) is 0. The molecule has 0 radical (unpaired) electrons. The number of hydrogen-bond acceptors (Lipinski definition) is 4. The molecule has 0 heterocycles. The summed E-state index contributed by atoms with van der Waals surface area (Å²) in [6.45, 7) is 8.59. The SMILES string of the molecule is C=C1C(CC(=O)OC)CCC[C@H]1CC(=O)OCC(C)C. The van der Waals surface area contributed by atoms with E-state index >= 15 is 0 Å². The molecular weight excluding hydrogens is 256 g/mol. The van der Waals surface area contributed by atoms with Crippen molar-refractivity contribution in [3.63, 3.8) is 0 Å². The van der Waals surface area contributed by atoms with Crippen LogP contribution in [0.15, 0.2) is 12.2 Å². The van der Waals surface area contributed by atoms with Crippen molar-refractivity contribution < 1.29 is 19.1 Å². The van der Waals surface area contributed by atoms with Crippen molar-refractivity contribution in [2.24, 2.45) is 17.8 Å². The molecule has 0 saturated heterocycles. The molecule has 1 unspecified atom stereocenters. The predicted octanol–water partition coefficient (Wildman–Crippen LogP) is 3.11. The third-order valence-corrected chi connectivity index (χ3v) is 3.79. The molecule has 2 atom stereocenters. The normalized spacial score (nSPS) is 22.7. The van der Waals surface area contributed by atoms with Gasteiger partial charge in [-0.15, -0.1) is 0 Å². The molecule has 4 heteroatoms. The highest BCUT2D eigenvalue weighted by molar-refractivity contribution is 5.71. The molecule has 0 N–H and O–H groups in total. The molecule has 4 nitrogen and oxygen atoms in total. The van der Waals surface area contributed by atoms with Gasteiger partial charge in [0.15, 0.2) is 0 Å². The summed E-state index contributed by atoms with van der Waals surface area (Å²) in [5.41, 5.74) is 1.00. The minimum atomic E-state index is -0.209. The van der Waals surface area contributed by atoms with Gasteiger partial charge in [0, 0.05) is 0 Å². The van der Waals surface area contributed by atoms with Crippen LogP contribution in [0.2, 0.25) is 0 Å². The van der Waals surface area contributed by atoms with E-state index in [0.717, 1.165) is 24.8 Å². The Bertz CT molecular complexity index is 359. The maximum absolute atomic E-state index is 11.8. The van der Waals surface area contributed by atoms with Gasteiger partial charge in [-0.05, 0) is 30.6 Å². The van der Waals surface area contributed by atoms with Crippen LogP contribution >= 0.6 is 0 Å². The minimum Gasteiger partial charge on any atom is -0.469 e. The molecule has 1 rings (SSSR count). The highest BCUT2D eigenvalue weighted by atomic mass is 16.5. The number of esters is 2. The van der Waals surface area contributed by atoms with Crippen LogP contribution in [-0.4, -0.2) is 25.7 Å². The van der Waals surface area contributed by atoms with E-state index in [0.29, 0.717) is 25.4 Å². The molecule has 0 aromatic rings. The Labute approximate surface area is 121 Å². The van der Waals surface area contributed by atoms with E-state index in [-0.39, 0.29) is 23.8 Å². The molecule has 1 saturated carbocycles. The lowest BCUT2D eigenvalue weighted by atomic mass is 9.75. The molecular formula is C16H26O4. The van der Waals surface area contributed by atoms with E-state index < -0.39 is 0 Å². The minimum absolute atomic E-state index is 0.137. The molecule has 114 valence electrons. The van der Waals surface area contributed by atoms with Crippen LogP contribution in [0, 0.1) is 17.8 Å². The lowest BCUT2D eigenvalue weighted by Gasteiger charge is -2.31. The smallest absolute Gasteiger partial charge is 0.306 e. The summed E-state index contributed by atoms with van der Waals surface area (Å²) >= 11 is 0. The van der Waals surface area contributed by atoms with Gasteiger partial charge in [0.05, 0.1) is 26.6 Å². The standard InChI is InChI=1S/C16H26O4/c1-11(2)10-20-16(18)9-14-7-5-6-13(12(14)3)8-15(17)19-4/h11,13-14H,3,5-10H2,1-2,4H3/t13?,14-/m0/s1. The zero-order valence-electron chi connectivity index (χ0n) is 12.8. The van der Waals surface area contributed by atoms with Crippen molar-refractivity contribution in [1.82, 2.24) is 0 Å². The Kier molecular flexibility index (Phi) is 6.76. The van der Waals surface area contributed by atoms with Gasteiger partial charge >= 0.3 is 11.9 Å². The average Bonchev–Trinajstić information content (AvgIpc) is 2.40. The van der Waals surface area contributed by atoms with Crippen molar-refractivity contribution in [3.05, 3.63) is 12.2 Å². The third-order valence-electron chi connectivity index (χ3n) is 3.79. The Morgan fingerprint density at radius 3 is 2.25 bits per heavy atom. The third kappa shape index (κ3) is 5.35. The zero-order valence-corrected chi connectivity index (χ0v) is 12.8. The molecule has 0 amide bonds. The van der Waals surface area contributed by atoms with Gasteiger partial charge in [-0.25, -0.2) is 0 Å². The number of carbonyl (C=O) groups excluding carboxylic acids is 2. The topological polar surface area (TPSA) is 52.6 Å². The maximum atomic E-state index is 11.8. The van der Waals surface area contributed by atoms with Gasteiger partial charge < -0.3 is 9.47 Å². The molecule has 1 aliphatic carbocycles. The van der Waals surface area contributed by atoms with E-state index in [1.54, 1.807) is 0 Å². The Morgan fingerprint density at radius 1 is 1.20 bits per heavy atom. The summed E-state index contributed by atoms with van der Waals surface area (Å²) in [5.74, 6) is 0.250. The fraction of sp³-hybridized carbons (Fsp3) is 0.750. The molecule has 0 bridgehead atoms. The fourth-order valence-electron chi connectivity index (χ4n) is 2.59. The van der Waals surface area contributed by atoms with Gasteiger partial charge in [0.25, 0.3) is 0 Å². The van der Waals surface area contributed by atoms with E-state index in [2.05, 4.69) is 6.58 Å². The summed E-state index contributed by atoms with van der Waals surface area (Å²) in [7, 11) is 1.40.